The Hall–Kier alpha value is -2.52. The van der Waals surface area contributed by atoms with Crippen molar-refractivity contribution in [1.82, 2.24) is 34.5 Å². The molecular formula is C19H26N8O. The largest absolute Gasteiger partial charge is 0.373 e. The molecular weight excluding hydrogens is 356 g/mol. The minimum Gasteiger partial charge on any atom is -0.373 e. The lowest BCUT2D eigenvalue weighted by Crippen LogP contribution is -2.33. The third kappa shape index (κ3) is 3.24. The monoisotopic (exact) mass is 382 g/mol. The second-order valence-corrected chi connectivity index (χ2v) is 7.87. The van der Waals surface area contributed by atoms with E-state index in [2.05, 4.69) is 25.8 Å². The highest BCUT2D eigenvalue weighted by atomic mass is 16.5. The van der Waals surface area contributed by atoms with E-state index in [0.717, 1.165) is 68.6 Å². The zero-order chi connectivity index (χ0) is 19.1. The molecule has 28 heavy (non-hydrogen) atoms. The average Bonchev–Trinajstić information content (AvgIpc) is 3.31. The maximum Gasteiger partial charge on any atom is 0.178 e. The summed E-state index contributed by atoms with van der Waals surface area (Å²) in [4.78, 5) is 4.48. The molecule has 0 bridgehead atoms. The molecule has 2 aliphatic rings. The first kappa shape index (κ1) is 17.6. The van der Waals surface area contributed by atoms with Gasteiger partial charge < -0.3 is 9.64 Å². The van der Waals surface area contributed by atoms with E-state index in [-0.39, 0.29) is 0 Å². The molecule has 1 fully saturated rings. The van der Waals surface area contributed by atoms with Gasteiger partial charge in [0.05, 0.1) is 31.1 Å². The molecule has 9 nitrogen and oxygen atoms in total. The van der Waals surface area contributed by atoms with Gasteiger partial charge >= 0.3 is 0 Å². The van der Waals surface area contributed by atoms with Crippen molar-refractivity contribution in [3.63, 3.8) is 0 Å². The average molecular weight is 382 g/mol. The van der Waals surface area contributed by atoms with Crippen LogP contribution in [0.3, 0.4) is 0 Å². The predicted octanol–water partition coefficient (Wildman–Crippen LogP) is 1.30. The molecule has 3 aromatic rings. The Morgan fingerprint density at radius 2 is 1.96 bits per heavy atom. The highest BCUT2D eigenvalue weighted by molar-refractivity contribution is 5.45. The van der Waals surface area contributed by atoms with Crippen LogP contribution in [-0.4, -0.2) is 68.3 Å². The molecule has 3 aromatic heterocycles. The lowest BCUT2D eigenvalue weighted by Gasteiger charge is -2.30. The van der Waals surface area contributed by atoms with Gasteiger partial charge in [-0.05, 0) is 44.1 Å². The summed E-state index contributed by atoms with van der Waals surface area (Å²) < 4.78 is 9.52. The molecule has 0 N–H and O–H groups in total. The van der Waals surface area contributed by atoms with Crippen LogP contribution in [0.25, 0.3) is 5.65 Å². The Labute approximate surface area is 163 Å². The van der Waals surface area contributed by atoms with E-state index in [1.165, 1.54) is 5.69 Å². The van der Waals surface area contributed by atoms with Crippen molar-refractivity contribution in [1.29, 1.82) is 0 Å². The van der Waals surface area contributed by atoms with Gasteiger partial charge in [-0.2, -0.15) is 9.61 Å². The van der Waals surface area contributed by atoms with Crippen molar-refractivity contribution >= 4 is 11.5 Å². The Morgan fingerprint density at radius 1 is 1.11 bits per heavy atom. The maximum absolute atomic E-state index is 5.51. The first-order valence-electron chi connectivity index (χ1n) is 9.93. The van der Waals surface area contributed by atoms with Crippen LogP contribution in [0, 0.1) is 0 Å². The van der Waals surface area contributed by atoms with Crippen molar-refractivity contribution in [2.24, 2.45) is 0 Å². The van der Waals surface area contributed by atoms with Crippen LogP contribution in [0.4, 0.5) is 5.82 Å². The lowest BCUT2D eigenvalue weighted by atomic mass is 9.96. The van der Waals surface area contributed by atoms with Crippen molar-refractivity contribution in [2.75, 3.05) is 38.7 Å². The smallest absolute Gasteiger partial charge is 0.178 e. The SMILES string of the molecule is CN(C)c1ccc2nnc(C3CCN(Cc4cc5n(n4)CCOC5)CC3)n2n1. The zero-order valence-electron chi connectivity index (χ0n) is 16.5. The summed E-state index contributed by atoms with van der Waals surface area (Å²) in [5.41, 5.74) is 3.15. The summed E-state index contributed by atoms with van der Waals surface area (Å²) in [6.07, 6.45) is 2.12. The van der Waals surface area contributed by atoms with Crippen molar-refractivity contribution < 1.29 is 4.74 Å². The van der Waals surface area contributed by atoms with Gasteiger partial charge in [0.1, 0.15) is 5.82 Å². The van der Waals surface area contributed by atoms with Gasteiger partial charge in [0.15, 0.2) is 11.5 Å². The van der Waals surface area contributed by atoms with Gasteiger partial charge in [0.2, 0.25) is 0 Å². The molecule has 5 heterocycles. The quantitative estimate of drug-likeness (QED) is 0.673. The topological polar surface area (TPSA) is 76.6 Å². The Kier molecular flexibility index (Phi) is 4.48. The van der Waals surface area contributed by atoms with Crippen LogP contribution >= 0.6 is 0 Å². The van der Waals surface area contributed by atoms with Crippen LogP contribution in [0.15, 0.2) is 18.2 Å². The third-order valence-corrected chi connectivity index (χ3v) is 5.68. The minimum atomic E-state index is 0.389. The summed E-state index contributed by atoms with van der Waals surface area (Å²) in [5.74, 6) is 2.28. The van der Waals surface area contributed by atoms with Crippen LogP contribution < -0.4 is 4.90 Å². The van der Waals surface area contributed by atoms with E-state index in [1.54, 1.807) is 0 Å². The summed E-state index contributed by atoms with van der Waals surface area (Å²) in [5, 5.41) is 18.2. The highest BCUT2D eigenvalue weighted by Crippen LogP contribution is 2.28. The Balaban J connectivity index is 1.26. The first-order chi connectivity index (χ1) is 13.7. The van der Waals surface area contributed by atoms with Crippen LogP contribution in [-0.2, 0) is 24.4 Å². The number of hydrogen-bond donors (Lipinski definition) is 0. The second-order valence-electron chi connectivity index (χ2n) is 7.87. The summed E-state index contributed by atoms with van der Waals surface area (Å²) >= 11 is 0. The number of ether oxygens (including phenoxy) is 1. The summed E-state index contributed by atoms with van der Waals surface area (Å²) in [7, 11) is 3.99. The standard InChI is InChI=1S/C19H26N8O/c1-24(2)18-4-3-17-20-21-19(27(17)23-18)14-5-7-25(8-6-14)12-15-11-16-13-28-10-9-26(16)22-15/h3-4,11,14H,5-10,12-13H2,1-2H3. The van der Waals surface area contributed by atoms with Crippen molar-refractivity contribution in [3.05, 3.63) is 35.4 Å². The van der Waals surface area contributed by atoms with Gasteiger partial charge in [-0.15, -0.1) is 15.3 Å². The van der Waals surface area contributed by atoms with Crippen molar-refractivity contribution in [2.45, 2.75) is 38.5 Å². The van der Waals surface area contributed by atoms with Crippen LogP contribution in [0.2, 0.25) is 0 Å². The molecule has 0 amide bonds. The van der Waals surface area contributed by atoms with E-state index in [1.807, 2.05) is 35.6 Å². The molecule has 5 rings (SSSR count). The normalized spacial score (nSPS) is 18.5. The third-order valence-electron chi connectivity index (χ3n) is 5.68. The van der Waals surface area contributed by atoms with Gasteiger partial charge in [0.25, 0.3) is 0 Å². The molecule has 0 aromatic carbocycles. The summed E-state index contributed by atoms with van der Waals surface area (Å²) in [6.45, 7) is 5.26. The van der Waals surface area contributed by atoms with E-state index >= 15 is 0 Å². The Morgan fingerprint density at radius 3 is 2.75 bits per heavy atom. The number of likely N-dealkylation sites (tertiary alicyclic amines) is 1. The van der Waals surface area contributed by atoms with Gasteiger partial charge in [-0.3, -0.25) is 9.58 Å². The molecule has 0 radical (unpaired) electrons. The molecule has 0 saturated carbocycles. The number of nitrogens with zero attached hydrogens (tertiary/aromatic N) is 8. The fourth-order valence-corrected chi connectivity index (χ4v) is 4.10. The Bertz CT molecular complexity index is 946. The number of aromatic nitrogens is 6. The molecule has 0 unspecified atom stereocenters. The van der Waals surface area contributed by atoms with Crippen LogP contribution in [0.1, 0.15) is 36.0 Å². The minimum absolute atomic E-state index is 0.389. The molecule has 0 atom stereocenters. The molecule has 2 aliphatic heterocycles. The van der Waals surface area contributed by atoms with E-state index in [0.29, 0.717) is 12.5 Å². The fourth-order valence-electron chi connectivity index (χ4n) is 4.10. The second kappa shape index (κ2) is 7.14. The number of rotatable bonds is 4. The molecule has 0 aliphatic carbocycles. The van der Waals surface area contributed by atoms with Crippen LogP contribution in [0.5, 0.6) is 0 Å². The highest BCUT2D eigenvalue weighted by Gasteiger charge is 2.26. The van der Waals surface area contributed by atoms with E-state index < -0.39 is 0 Å². The lowest BCUT2D eigenvalue weighted by molar-refractivity contribution is 0.0799. The van der Waals surface area contributed by atoms with E-state index in [9.17, 15) is 0 Å². The first-order valence-corrected chi connectivity index (χ1v) is 9.93. The number of fused-ring (bicyclic) bond motifs is 2. The maximum atomic E-state index is 5.51. The van der Waals surface area contributed by atoms with Crippen molar-refractivity contribution in [3.8, 4) is 0 Å². The van der Waals surface area contributed by atoms with Gasteiger partial charge in [0, 0.05) is 26.6 Å². The number of hydrogen-bond acceptors (Lipinski definition) is 7. The molecule has 0 spiro atoms. The van der Waals surface area contributed by atoms with E-state index in [4.69, 9.17) is 14.9 Å². The molecule has 9 heteroatoms. The molecule has 148 valence electrons. The number of anilines is 1. The fraction of sp³-hybridized carbons (Fsp3) is 0.579. The van der Waals surface area contributed by atoms with Gasteiger partial charge in [-0.1, -0.05) is 0 Å². The molecule has 1 saturated heterocycles. The summed E-state index contributed by atoms with van der Waals surface area (Å²) in [6, 6.07) is 6.15. The zero-order valence-corrected chi connectivity index (χ0v) is 16.5. The predicted molar refractivity (Wildman–Crippen MR) is 104 cm³/mol. The number of piperidine rings is 1. The van der Waals surface area contributed by atoms with Gasteiger partial charge in [-0.25, -0.2) is 0 Å².